The van der Waals surface area contributed by atoms with Crippen molar-refractivity contribution in [3.8, 4) is 5.75 Å². The van der Waals surface area contributed by atoms with E-state index in [2.05, 4.69) is 0 Å². The summed E-state index contributed by atoms with van der Waals surface area (Å²) in [5.74, 6) is 0.202. The lowest BCUT2D eigenvalue weighted by Gasteiger charge is -2.06. The van der Waals surface area contributed by atoms with Crippen LogP contribution in [0.15, 0.2) is 18.2 Å². The zero-order chi connectivity index (χ0) is 9.84. The van der Waals surface area contributed by atoms with Gasteiger partial charge in [-0.05, 0) is 37.5 Å². The van der Waals surface area contributed by atoms with Crippen molar-refractivity contribution in [1.29, 1.82) is 0 Å². The van der Waals surface area contributed by atoms with E-state index in [0.717, 1.165) is 5.56 Å². The highest BCUT2D eigenvalue weighted by molar-refractivity contribution is 6.30. The molecule has 3 heteroatoms. The smallest absolute Gasteiger partial charge is 0.120 e. The Bertz CT molecular complexity index is 284. The van der Waals surface area contributed by atoms with E-state index in [-0.39, 0.29) is 11.9 Å². The van der Waals surface area contributed by atoms with Crippen molar-refractivity contribution in [3.63, 3.8) is 0 Å². The van der Waals surface area contributed by atoms with Crippen molar-refractivity contribution in [2.45, 2.75) is 25.9 Å². The zero-order valence-corrected chi connectivity index (χ0v) is 8.25. The van der Waals surface area contributed by atoms with Crippen molar-refractivity contribution in [2.24, 2.45) is 0 Å². The monoisotopic (exact) mass is 200 g/mol. The number of aryl methyl sites for hydroxylation is 1. The number of hydrogen-bond donors (Lipinski definition) is 2. The predicted octanol–water partition coefficient (Wildman–Crippen LogP) is 2.36. The van der Waals surface area contributed by atoms with Gasteiger partial charge in [-0.1, -0.05) is 17.7 Å². The molecular weight excluding hydrogens is 188 g/mol. The summed E-state index contributed by atoms with van der Waals surface area (Å²) in [6, 6.07) is 5.03. The number of phenols is 1. The largest absolute Gasteiger partial charge is 0.508 e. The van der Waals surface area contributed by atoms with E-state index in [9.17, 15) is 5.11 Å². The molecule has 0 fully saturated rings. The van der Waals surface area contributed by atoms with Crippen molar-refractivity contribution in [1.82, 2.24) is 0 Å². The van der Waals surface area contributed by atoms with Crippen molar-refractivity contribution >= 4 is 11.6 Å². The summed E-state index contributed by atoms with van der Waals surface area (Å²) in [6.45, 7) is 1.73. The molecule has 1 aromatic rings. The molecule has 0 aromatic heterocycles. The molecule has 0 saturated carbocycles. The number of benzene rings is 1. The quantitative estimate of drug-likeness (QED) is 0.787. The van der Waals surface area contributed by atoms with Crippen LogP contribution in [0.2, 0.25) is 5.02 Å². The molecule has 0 heterocycles. The van der Waals surface area contributed by atoms with Crippen LogP contribution in [0.25, 0.3) is 0 Å². The van der Waals surface area contributed by atoms with Gasteiger partial charge in [0.2, 0.25) is 0 Å². The molecule has 0 radical (unpaired) electrons. The molecule has 13 heavy (non-hydrogen) atoms. The Balaban J connectivity index is 2.67. The number of halogens is 1. The van der Waals surface area contributed by atoms with E-state index in [1.165, 1.54) is 6.07 Å². The Hall–Kier alpha value is -0.730. The summed E-state index contributed by atoms with van der Waals surface area (Å²) in [5.41, 5.74) is 0.824. The van der Waals surface area contributed by atoms with E-state index in [1.54, 1.807) is 19.1 Å². The molecule has 1 atom stereocenters. The highest BCUT2D eigenvalue weighted by Gasteiger charge is 2.03. The fourth-order valence-corrected chi connectivity index (χ4v) is 1.28. The summed E-state index contributed by atoms with van der Waals surface area (Å²) in [6.07, 6.45) is 0.977. The van der Waals surface area contributed by atoms with Gasteiger partial charge in [0.25, 0.3) is 0 Å². The van der Waals surface area contributed by atoms with Crippen molar-refractivity contribution < 1.29 is 10.2 Å². The molecule has 0 bridgehead atoms. The second kappa shape index (κ2) is 4.49. The van der Waals surface area contributed by atoms with E-state index in [4.69, 9.17) is 16.7 Å². The first kappa shape index (κ1) is 10.4. The molecule has 2 nitrogen and oxygen atoms in total. The minimum absolute atomic E-state index is 0.202. The molecule has 72 valence electrons. The minimum atomic E-state index is -0.338. The highest BCUT2D eigenvalue weighted by atomic mass is 35.5. The lowest BCUT2D eigenvalue weighted by molar-refractivity contribution is 0.184. The Kier molecular flexibility index (Phi) is 3.58. The molecule has 0 saturated heterocycles. The van der Waals surface area contributed by atoms with Crippen molar-refractivity contribution in [2.75, 3.05) is 0 Å². The predicted molar refractivity (Wildman–Crippen MR) is 53.1 cm³/mol. The van der Waals surface area contributed by atoms with Gasteiger partial charge in [-0.3, -0.25) is 0 Å². The number of phenolic OH excluding ortho intramolecular Hbond substituents is 1. The maximum atomic E-state index is 9.44. The molecule has 0 aliphatic heterocycles. The third kappa shape index (κ3) is 3.25. The van der Waals surface area contributed by atoms with Gasteiger partial charge >= 0.3 is 0 Å². The standard InChI is InChI=1S/C10H13ClO2/c1-7(12)2-3-8-4-5-9(11)6-10(8)13/h4-7,12-13H,2-3H2,1H3. The van der Waals surface area contributed by atoms with Gasteiger partial charge in [0.05, 0.1) is 6.10 Å². The Labute approximate surface area is 82.8 Å². The van der Waals surface area contributed by atoms with E-state index in [1.807, 2.05) is 0 Å². The SMILES string of the molecule is CC(O)CCc1ccc(Cl)cc1O. The van der Waals surface area contributed by atoms with Gasteiger partial charge < -0.3 is 10.2 Å². The summed E-state index contributed by atoms with van der Waals surface area (Å²) in [7, 11) is 0. The van der Waals surface area contributed by atoms with Crippen LogP contribution in [0.1, 0.15) is 18.9 Å². The summed E-state index contributed by atoms with van der Waals surface area (Å²) < 4.78 is 0. The molecular formula is C10H13ClO2. The van der Waals surface area contributed by atoms with Crippen LogP contribution in [-0.2, 0) is 6.42 Å². The average molecular weight is 201 g/mol. The van der Waals surface area contributed by atoms with Crippen LogP contribution in [0, 0.1) is 0 Å². The number of aromatic hydroxyl groups is 1. The molecule has 1 rings (SSSR count). The van der Waals surface area contributed by atoms with Crippen LogP contribution < -0.4 is 0 Å². The fourth-order valence-electron chi connectivity index (χ4n) is 1.11. The van der Waals surface area contributed by atoms with Crippen LogP contribution in [0.5, 0.6) is 5.75 Å². The fraction of sp³-hybridized carbons (Fsp3) is 0.400. The van der Waals surface area contributed by atoms with E-state index in [0.29, 0.717) is 17.9 Å². The van der Waals surface area contributed by atoms with Crippen LogP contribution in [0.4, 0.5) is 0 Å². The van der Waals surface area contributed by atoms with Gasteiger partial charge in [-0.15, -0.1) is 0 Å². The van der Waals surface area contributed by atoms with Crippen LogP contribution in [-0.4, -0.2) is 16.3 Å². The van der Waals surface area contributed by atoms with Crippen molar-refractivity contribution in [3.05, 3.63) is 28.8 Å². The molecule has 0 spiro atoms. The third-order valence-corrected chi connectivity index (χ3v) is 2.11. The first-order valence-electron chi connectivity index (χ1n) is 4.25. The molecule has 1 aromatic carbocycles. The normalized spacial score (nSPS) is 12.8. The molecule has 0 aliphatic rings. The second-order valence-corrected chi connectivity index (χ2v) is 3.60. The lowest BCUT2D eigenvalue weighted by Crippen LogP contribution is -2.01. The number of aliphatic hydroxyl groups is 1. The molecule has 2 N–H and O–H groups in total. The maximum Gasteiger partial charge on any atom is 0.120 e. The van der Waals surface area contributed by atoms with Gasteiger partial charge in [-0.25, -0.2) is 0 Å². The summed E-state index contributed by atoms with van der Waals surface area (Å²) in [4.78, 5) is 0. The minimum Gasteiger partial charge on any atom is -0.508 e. The van der Waals surface area contributed by atoms with Gasteiger partial charge in [-0.2, -0.15) is 0 Å². The van der Waals surface area contributed by atoms with E-state index >= 15 is 0 Å². The van der Waals surface area contributed by atoms with Gasteiger partial charge in [0.15, 0.2) is 0 Å². The Morgan fingerprint density at radius 2 is 2.15 bits per heavy atom. The highest BCUT2D eigenvalue weighted by Crippen LogP contribution is 2.23. The topological polar surface area (TPSA) is 40.5 Å². The Morgan fingerprint density at radius 1 is 1.46 bits per heavy atom. The van der Waals surface area contributed by atoms with Gasteiger partial charge in [0, 0.05) is 5.02 Å². The summed E-state index contributed by atoms with van der Waals surface area (Å²) in [5, 5.41) is 19.0. The Morgan fingerprint density at radius 3 is 2.69 bits per heavy atom. The lowest BCUT2D eigenvalue weighted by atomic mass is 10.1. The zero-order valence-electron chi connectivity index (χ0n) is 7.50. The first-order valence-corrected chi connectivity index (χ1v) is 4.63. The van der Waals surface area contributed by atoms with E-state index < -0.39 is 0 Å². The average Bonchev–Trinajstić information content (AvgIpc) is 2.02. The summed E-state index contributed by atoms with van der Waals surface area (Å²) >= 11 is 5.67. The maximum absolute atomic E-state index is 9.44. The van der Waals surface area contributed by atoms with Gasteiger partial charge in [0.1, 0.15) is 5.75 Å². The molecule has 0 amide bonds. The number of rotatable bonds is 3. The third-order valence-electron chi connectivity index (χ3n) is 1.88. The second-order valence-electron chi connectivity index (χ2n) is 3.16. The van der Waals surface area contributed by atoms with Crippen LogP contribution >= 0.6 is 11.6 Å². The number of aliphatic hydroxyl groups excluding tert-OH is 1. The number of hydrogen-bond acceptors (Lipinski definition) is 2. The first-order chi connectivity index (χ1) is 6.09. The molecule has 0 aliphatic carbocycles. The van der Waals surface area contributed by atoms with Crippen LogP contribution in [0.3, 0.4) is 0 Å². The molecule has 1 unspecified atom stereocenters.